The lowest BCUT2D eigenvalue weighted by molar-refractivity contribution is -0.117. The summed E-state index contributed by atoms with van der Waals surface area (Å²) in [6.45, 7) is -0.410. The third-order valence-electron chi connectivity index (χ3n) is 4.26. The topological polar surface area (TPSA) is 136 Å². The summed E-state index contributed by atoms with van der Waals surface area (Å²) in [4.78, 5) is 22.5. The highest BCUT2D eigenvalue weighted by atomic mass is 32.2. The van der Waals surface area contributed by atoms with E-state index >= 15 is 0 Å². The third kappa shape index (κ3) is 4.52. The van der Waals surface area contributed by atoms with Crippen molar-refractivity contribution in [3.8, 4) is 5.75 Å². The minimum absolute atomic E-state index is 0.0205. The van der Waals surface area contributed by atoms with Crippen molar-refractivity contribution in [2.45, 2.75) is 18.9 Å². The number of phenols is 1. The van der Waals surface area contributed by atoms with Crippen LogP contribution in [-0.4, -0.2) is 43.2 Å². The maximum Gasteiger partial charge on any atom is 0.404 e. The Morgan fingerprint density at radius 1 is 1.14 bits per heavy atom. The van der Waals surface area contributed by atoms with Gasteiger partial charge in [-0.05, 0) is 36.1 Å². The zero-order chi connectivity index (χ0) is 20.3. The molecule has 2 aromatic rings. The Labute approximate surface area is 161 Å². The monoisotopic (exact) mass is 405 g/mol. The summed E-state index contributed by atoms with van der Waals surface area (Å²) in [6, 6.07) is 13.3. The van der Waals surface area contributed by atoms with Crippen LogP contribution in [0.1, 0.15) is 11.1 Å². The second kappa shape index (κ2) is 7.77. The van der Waals surface area contributed by atoms with Crippen molar-refractivity contribution in [3.05, 3.63) is 59.7 Å². The molecule has 28 heavy (non-hydrogen) atoms. The van der Waals surface area contributed by atoms with Crippen LogP contribution in [0, 0.1) is 0 Å². The number of phenolic OH excluding ortho intramolecular Hbond substituents is 1. The molecule has 148 valence electrons. The highest BCUT2D eigenvalue weighted by molar-refractivity contribution is 7.92. The number of anilines is 1. The Bertz CT molecular complexity index is 994. The second-order valence-corrected chi connectivity index (χ2v) is 8.00. The van der Waals surface area contributed by atoms with Gasteiger partial charge in [-0.2, -0.15) is 8.42 Å². The zero-order valence-corrected chi connectivity index (χ0v) is 15.5. The van der Waals surface area contributed by atoms with Crippen LogP contribution >= 0.6 is 0 Å². The van der Waals surface area contributed by atoms with E-state index in [0.29, 0.717) is 18.4 Å². The molecule has 1 fully saturated rings. The molecule has 1 saturated heterocycles. The van der Waals surface area contributed by atoms with Crippen LogP contribution in [0.2, 0.25) is 0 Å². The largest absolute Gasteiger partial charge is 0.506 e. The van der Waals surface area contributed by atoms with Gasteiger partial charge in [0, 0.05) is 6.04 Å². The Hall–Kier alpha value is -3.27. The number of nitrogens with zero attached hydrogens (tertiary/aromatic N) is 1. The summed E-state index contributed by atoms with van der Waals surface area (Å²) in [5.41, 5.74) is 1.55. The van der Waals surface area contributed by atoms with Crippen molar-refractivity contribution >= 4 is 27.9 Å². The van der Waals surface area contributed by atoms with E-state index in [0.717, 1.165) is 9.87 Å². The number of benzene rings is 2. The fourth-order valence-corrected chi connectivity index (χ4v) is 4.26. The van der Waals surface area contributed by atoms with Crippen molar-refractivity contribution in [3.63, 3.8) is 0 Å². The second-order valence-electron chi connectivity index (χ2n) is 6.40. The van der Waals surface area contributed by atoms with E-state index in [2.05, 4.69) is 5.32 Å². The predicted octanol–water partition coefficient (Wildman–Crippen LogP) is 0.995. The lowest BCUT2D eigenvalue weighted by Gasteiger charge is -2.19. The molecule has 0 unspecified atom stereocenters. The number of carbonyl (C=O) groups excluding carboxylic acids is 1. The summed E-state index contributed by atoms with van der Waals surface area (Å²) in [6.07, 6.45) is -0.414. The van der Waals surface area contributed by atoms with Crippen LogP contribution in [0.15, 0.2) is 48.5 Å². The van der Waals surface area contributed by atoms with E-state index in [1.807, 2.05) is 35.1 Å². The molecule has 0 aliphatic carbocycles. The Morgan fingerprint density at radius 2 is 1.82 bits per heavy atom. The van der Waals surface area contributed by atoms with Gasteiger partial charge in [-0.15, -0.1) is 0 Å². The normalized spacial score (nSPS) is 16.4. The molecule has 1 heterocycles. The van der Waals surface area contributed by atoms with Crippen LogP contribution < -0.4 is 14.3 Å². The molecule has 9 nitrogen and oxygen atoms in total. The first-order valence-corrected chi connectivity index (χ1v) is 9.87. The van der Waals surface area contributed by atoms with E-state index < -0.39 is 34.8 Å². The van der Waals surface area contributed by atoms with Crippen molar-refractivity contribution in [2.75, 3.05) is 10.8 Å². The van der Waals surface area contributed by atoms with Crippen molar-refractivity contribution < 1.29 is 28.2 Å². The van der Waals surface area contributed by atoms with Gasteiger partial charge in [0.05, 0.1) is 5.69 Å². The van der Waals surface area contributed by atoms with Crippen LogP contribution in [0.5, 0.6) is 5.75 Å². The molecule has 2 aromatic carbocycles. The van der Waals surface area contributed by atoms with Gasteiger partial charge in [-0.1, -0.05) is 36.4 Å². The molecule has 0 radical (unpaired) electrons. The number of rotatable bonds is 6. The number of nitrogens with one attached hydrogen (secondary N) is 2. The molecule has 1 atom stereocenters. The SMILES string of the molecule is O=C(O)N[C@@H](Cc1ccccc1)Cc1ccc(N2CC(=O)NS2(=O)=O)c(O)c1. The number of hydrogen-bond acceptors (Lipinski definition) is 5. The van der Waals surface area contributed by atoms with E-state index in [1.54, 1.807) is 6.07 Å². The first-order chi connectivity index (χ1) is 13.2. The highest BCUT2D eigenvalue weighted by Crippen LogP contribution is 2.31. The molecule has 0 spiro atoms. The summed E-state index contributed by atoms with van der Waals surface area (Å²) in [5.74, 6) is -0.997. The van der Waals surface area contributed by atoms with E-state index in [9.17, 15) is 23.1 Å². The zero-order valence-electron chi connectivity index (χ0n) is 14.7. The number of carboxylic acid groups (broad SMARTS) is 1. The van der Waals surface area contributed by atoms with Gasteiger partial charge < -0.3 is 15.5 Å². The smallest absolute Gasteiger partial charge is 0.404 e. The van der Waals surface area contributed by atoms with Gasteiger partial charge >= 0.3 is 16.3 Å². The molecule has 1 aliphatic heterocycles. The van der Waals surface area contributed by atoms with Crippen LogP contribution in [0.4, 0.5) is 10.5 Å². The average Bonchev–Trinajstić information content (AvgIpc) is 2.87. The van der Waals surface area contributed by atoms with Gasteiger partial charge in [0.1, 0.15) is 12.3 Å². The number of aromatic hydroxyl groups is 1. The van der Waals surface area contributed by atoms with Crippen molar-refractivity contribution in [1.82, 2.24) is 10.0 Å². The molecule has 3 rings (SSSR count). The molecule has 1 aliphatic rings. The number of carbonyl (C=O) groups is 2. The lowest BCUT2D eigenvalue weighted by Crippen LogP contribution is -2.37. The molecule has 10 heteroatoms. The van der Waals surface area contributed by atoms with E-state index in [1.165, 1.54) is 12.1 Å². The van der Waals surface area contributed by atoms with Crippen molar-refractivity contribution in [1.29, 1.82) is 0 Å². The summed E-state index contributed by atoms with van der Waals surface area (Å²) < 4.78 is 26.5. The molecule has 0 aromatic heterocycles. The summed E-state index contributed by atoms with van der Waals surface area (Å²) in [7, 11) is -4.02. The van der Waals surface area contributed by atoms with Gasteiger partial charge in [0.2, 0.25) is 0 Å². The summed E-state index contributed by atoms with van der Waals surface area (Å²) >= 11 is 0. The highest BCUT2D eigenvalue weighted by Gasteiger charge is 2.35. The number of amides is 2. The van der Waals surface area contributed by atoms with Gasteiger partial charge in [0.15, 0.2) is 0 Å². The average molecular weight is 405 g/mol. The Balaban J connectivity index is 1.79. The first kappa shape index (κ1) is 19.5. The predicted molar refractivity (Wildman–Crippen MR) is 101 cm³/mol. The van der Waals surface area contributed by atoms with E-state index in [4.69, 9.17) is 5.11 Å². The van der Waals surface area contributed by atoms with Crippen LogP contribution in [0.3, 0.4) is 0 Å². The summed E-state index contributed by atoms with van der Waals surface area (Å²) in [5, 5.41) is 21.8. The fourth-order valence-electron chi connectivity index (χ4n) is 3.10. The van der Waals surface area contributed by atoms with Crippen LogP contribution in [0.25, 0.3) is 0 Å². The maximum atomic E-state index is 11.9. The molecule has 0 bridgehead atoms. The molecular formula is C18H19N3O6S. The van der Waals surface area contributed by atoms with Crippen molar-refractivity contribution in [2.24, 2.45) is 0 Å². The van der Waals surface area contributed by atoms with Gasteiger partial charge in [-0.25, -0.2) is 13.8 Å². The fraction of sp³-hybridized carbons (Fsp3) is 0.222. The lowest BCUT2D eigenvalue weighted by atomic mass is 9.98. The Kier molecular flexibility index (Phi) is 5.41. The van der Waals surface area contributed by atoms with E-state index in [-0.39, 0.29) is 11.4 Å². The molecule has 2 amide bonds. The van der Waals surface area contributed by atoms with Gasteiger partial charge in [-0.3, -0.25) is 4.79 Å². The minimum atomic E-state index is -4.02. The molecule has 0 saturated carbocycles. The standard InChI is InChI=1S/C18H19N3O6S/c22-16-10-13(6-7-15(16)21-11-17(23)20-28(21,26)27)9-14(19-18(24)25)8-12-4-2-1-3-5-12/h1-7,10,14,19,22H,8-9,11H2,(H,20,23)(H,24,25)/t14-/m0/s1. The first-order valence-electron chi connectivity index (χ1n) is 8.43. The molecule has 4 N–H and O–H groups in total. The van der Waals surface area contributed by atoms with Gasteiger partial charge in [0.25, 0.3) is 5.91 Å². The number of hydrogen-bond donors (Lipinski definition) is 4. The molecular weight excluding hydrogens is 386 g/mol. The third-order valence-corrected chi connectivity index (χ3v) is 5.66. The van der Waals surface area contributed by atoms with Crippen LogP contribution in [-0.2, 0) is 27.8 Å². The quantitative estimate of drug-likeness (QED) is 0.566. The minimum Gasteiger partial charge on any atom is -0.506 e. The maximum absolute atomic E-state index is 11.9. The Morgan fingerprint density at radius 3 is 2.39 bits per heavy atom.